The number of rotatable bonds is 1. The summed E-state index contributed by atoms with van der Waals surface area (Å²) in [6.07, 6.45) is 0.812. The molecule has 0 radical (unpaired) electrons. The summed E-state index contributed by atoms with van der Waals surface area (Å²) in [6.45, 7) is 4.97. The van der Waals surface area contributed by atoms with E-state index in [1.165, 1.54) is 0 Å². The third-order valence-corrected chi connectivity index (χ3v) is 4.63. The first-order chi connectivity index (χ1) is 8.09. The molecule has 1 N–H and O–H groups in total. The molecule has 17 heavy (non-hydrogen) atoms. The Hall–Kier alpha value is -1.04. The second-order valence-corrected chi connectivity index (χ2v) is 5.89. The predicted octanol–water partition coefficient (Wildman–Crippen LogP) is 0.605. The normalized spacial score (nSPS) is 29.6. The molecule has 0 aromatic rings. The summed E-state index contributed by atoms with van der Waals surface area (Å²) in [5.41, 5.74) is 2.86. The van der Waals surface area contributed by atoms with E-state index in [1.807, 2.05) is 16.7 Å². The molecule has 2 aliphatic rings. The Kier molecular flexibility index (Phi) is 3.71. The Morgan fingerprint density at radius 1 is 1.47 bits per heavy atom. The number of thioether (sulfide) groups is 1. The van der Waals surface area contributed by atoms with E-state index in [4.69, 9.17) is 0 Å². The minimum absolute atomic E-state index is 0.0235. The molecule has 5 nitrogen and oxygen atoms in total. The fourth-order valence-electron chi connectivity index (χ4n) is 2.01. The van der Waals surface area contributed by atoms with E-state index in [0.29, 0.717) is 23.8 Å². The van der Waals surface area contributed by atoms with Crippen LogP contribution in [0.1, 0.15) is 26.7 Å². The monoisotopic (exact) mass is 255 g/mol. The van der Waals surface area contributed by atoms with Gasteiger partial charge in [0.1, 0.15) is 5.71 Å². The van der Waals surface area contributed by atoms with Crippen LogP contribution in [0.25, 0.3) is 0 Å². The molecule has 2 atom stereocenters. The van der Waals surface area contributed by atoms with Crippen molar-refractivity contribution in [3.63, 3.8) is 0 Å². The summed E-state index contributed by atoms with van der Waals surface area (Å²) < 4.78 is 0. The van der Waals surface area contributed by atoms with Gasteiger partial charge in [-0.2, -0.15) is 16.9 Å². The molecule has 6 heteroatoms. The molecule has 1 saturated heterocycles. The molecule has 0 aromatic carbocycles. The zero-order valence-electron chi connectivity index (χ0n) is 10.1. The number of nitrogens with zero attached hydrogens (tertiary/aromatic N) is 2. The topological polar surface area (TPSA) is 61.8 Å². The summed E-state index contributed by atoms with van der Waals surface area (Å²) in [7, 11) is 0. The van der Waals surface area contributed by atoms with Crippen molar-refractivity contribution in [2.75, 3.05) is 12.3 Å². The third-order valence-electron chi connectivity index (χ3n) is 3.30. The Balaban J connectivity index is 2.06. The highest BCUT2D eigenvalue weighted by atomic mass is 32.2. The quantitative estimate of drug-likeness (QED) is 0.746. The van der Waals surface area contributed by atoms with Gasteiger partial charge in [0.25, 0.3) is 5.91 Å². The minimum Gasteiger partial charge on any atom is -0.333 e. The van der Waals surface area contributed by atoms with Gasteiger partial charge in [-0.15, -0.1) is 0 Å². The number of carbonyl (C=O) groups is 2. The van der Waals surface area contributed by atoms with Crippen LogP contribution in [0.3, 0.4) is 0 Å². The summed E-state index contributed by atoms with van der Waals surface area (Å²) >= 11 is 1.89. The van der Waals surface area contributed by atoms with Crippen molar-refractivity contribution in [2.24, 2.45) is 5.10 Å². The first-order valence-electron chi connectivity index (χ1n) is 5.87. The van der Waals surface area contributed by atoms with Crippen molar-refractivity contribution in [1.29, 1.82) is 0 Å². The van der Waals surface area contributed by atoms with Crippen LogP contribution >= 0.6 is 11.8 Å². The summed E-state index contributed by atoms with van der Waals surface area (Å²) in [5, 5.41) is 4.31. The van der Waals surface area contributed by atoms with Gasteiger partial charge in [-0.1, -0.05) is 6.92 Å². The standard InChI is InChI=1S/C11H17N3O2S/c1-7-8(2)17-6-5-14(7)11(16)9-3-4-10(15)13-12-9/h7-8H,3-6H2,1-2H3,(H,13,15). The van der Waals surface area contributed by atoms with Crippen molar-refractivity contribution in [3.05, 3.63) is 0 Å². The Morgan fingerprint density at radius 2 is 2.24 bits per heavy atom. The molecule has 0 aliphatic carbocycles. The minimum atomic E-state index is -0.114. The van der Waals surface area contributed by atoms with E-state index >= 15 is 0 Å². The second kappa shape index (κ2) is 5.08. The van der Waals surface area contributed by atoms with E-state index in [9.17, 15) is 9.59 Å². The van der Waals surface area contributed by atoms with Gasteiger partial charge >= 0.3 is 0 Å². The number of carbonyl (C=O) groups excluding carboxylic acids is 2. The number of hydrogen-bond donors (Lipinski definition) is 1. The van der Waals surface area contributed by atoms with Crippen LogP contribution in [0.5, 0.6) is 0 Å². The van der Waals surface area contributed by atoms with Gasteiger partial charge in [0.05, 0.1) is 0 Å². The second-order valence-electron chi connectivity index (χ2n) is 4.41. The van der Waals surface area contributed by atoms with Crippen LogP contribution in [0.15, 0.2) is 5.10 Å². The first kappa shape index (κ1) is 12.4. The summed E-state index contributed by atoms with van der Waals surface area (Å²) in [4.78, 5) is 25.1. The maximum Gasteiger partial charge on any atom is 0.270 e. The lowest BCUT2D eigenvalue weighted by molar-refractivity contribution is -0.126. The third kappa shape index (κ3) is 2.62. The van der Waals surface area contributed by atoms with Crippen molar-refractivity contribution >= 4 is 29.3 Å². The molecule has 0 saturated carbocycles. The van der Waals surface area contributed by atoms with Gasteiger partial charge in [0, 0.05) is 36.4 Å². The first-order valence-corrected chi connectivity index (χ1v) is 6.92. The molecule has 2 aliphatic heterocycles. The zero-order chi connectivity index (χ0) is 12.4. The molecule has 94 valence electrons. The van der Waals surface area contributed by atoms with Crippen LogP contribution in [0.4, 0.5) is 0 Å². The Labute approximate surface area is 105 Å². The molecular formula is C11H17N3O2S. The largest absolute Gasteiger partial charge is 0.333 e. The lowest BCUT2D eigenvalue weighted by atomic mass is 10.1. The lowest BCUT2D eigenvalue weighted by Crippen LogP contribution is -2.51. The van der Waals surface area contributed by atoms with Crippen molar-refractivity contribution in [2.45, 2.75) is 38.0 Å². The molecule has 2 heterocycles. The molecule has 0 spiro atoms. The van der Waals surface area contributed by atoms with Crippen LogP contribution in [-0.2, 0) is 9.59 Å². The van der Waals surface area contributed by atoms with Crippen molar-refractivity contribution in [3.8, 4) is 0 Å². The fourth-order valence-corrected chi connectivity index (χ4v) is 3.11. The highest BCUT2D eigenvalue weighted by molar-refractivity contribution is 8.00. The number of hydrazone groups is 1. The van der Waals surface area contributed by atoms with Gasteiger partial charge in [0.15, 0.2) is 0 Å². The van der Waals surface area contributed by atoms with Crippen LogP contribution < -0.4 is 5.43 Å². The van der Waals surface area contributed by atoms with Crippen molar-refractivity contribution < 1.29 is 9.59 Å². The number of nitrogens with one attached hydrogen (secondary N) is 1. The molecule has 2 amide bonds. The molecule has 2 rings (SSSR count). The summed E-state index contributed by atoms with van der Waals surface area (Å²) in [6, 6.07) is 0.224. The highest BCUT2D eigenvalue weighted by Gasteiger charge is 2.32. The molecule has 2 unspecified atom stereocenters. The highest BCUT2D eigenvalue weighted by Crippen LogP contribution is 2.24. The fraction of sp³-hybridized carbons (Fsp3) is 0.727. The van der Waals surface area contributed by atoms with E-state index in [-0.39, 0.29) is 17.9 Å². The maximum absolute atomic E-state index is 12.3. The van der Waals surface area contributed by atoms with E-state index in [0.717, 1.165) is 12.3 Å². The Morgan fingerprint density at radius 3 is 2.88 bits per heavy atom. The van der Waals surface area contributed by atoms with Crippen molar-refractivity contribution in [1.82, 2.24) is 10.3 Å². The van der Waals surface area contributed by atoms with Crippen LogP contribution in [-0.4, -0.2) is 46.0 Å². The average Bonchev–Trinajstić information content (AvgIpc) is 2.33. The van der Waals surface area contributed by atoms with Crippen LogP contribution in [0, 0.1) is 0 Å². The van der Waals surface area contributed by atoms with E-state index < -0.39 is 0 Å². The van der Waals surface area contributed by atoms with Gasteiger partial charge in [0.2, 0.25) is 5.91 Å². The number of amides is 2. The molecule has 0 bridgehead atoms. The average molecular weight is 255 g/mol. The Bertz CT molecular complexity index is 370. The summed E-state index contributed by atoms with van der Waals surface area (Å²) in [5.74, 6) is 0.832. The van der Waals surface area contributed by atoms with Gasteiger partial charge in [-0.25, -0.2) is 5.43 Å². The van der Waals surface area contributed by atoms with Crippen LogP contribution in [0.2, 0.25) is 0 Å². The predicted molar refractivity (Wildman–Crippen MR) is 67.9 cm³/mol. The van der Waals surface area contributed by atoms with E-state index in [2.05, 4.69) is 24.4 Å². The SMILES string of the molecule is CC1SCCN(C(=O)C2=NNC(=O)CC2)C1C. The molecule has 1 fully saturated rings. The maximum atomic E-state index is 12.3. The zero-order valence-corrected chi connectivity index (χ0v) is 10.9. The van der Waals surface area contributed by atoms with Gasteiger partial charge in [-0.3, -0.25) is 9.59 Å². The van der Waals surface area contributed by atoms with E-state index in [1.54, 1.807) is 0 Å². The smallest absolute Gasteiger partial charge is 0.270 e. The molecular weight excluding hydrogens is 238 g/mol. The lowest BCUT2D eigenvalue weighted by Gasteiger charge is -2.37. The number of hydrogen-bond acceptors (Lipinski definition) is 4. The van der Waals surface area contributed by atoms with Gasteiger partial charge < -0.3 is 4.90 Å². The molecule has 0 aromatic heterocycles. The van der Waals surface area contributed by atoms with Gasteiger partial charge in [-0.05, 0) is 6.92 Å².